The summed E-state index contributed by atoms with van der Waals surface area (Å²) in [7, 11) is 1.92. The minimum Gasteiger partial charge on any atom is -0.356 e. The van der Waals surface area contributed by atoms with Crippen molar-refractivity contribution in [3.8, 4) is 0 Å². The van der Waals surface area contributed by atoms with E-state index in [2.05, 4.69) is 17.6 Å². The zero-order valence-electron chi connectivity index (χ0n) is 7.39. The summed E-state index contributed by atoms with van der Waals surface area (Å²) in [4.78, 5) is 10.1. The number of carbonyl (C=O) groups is 1. The van der Waals surface area contributed by atoms with Crippen LogP contribution in [0.25, 0.3) is 0 Å². The van der Waals surface area contributed by atoms with Crippen LogP contribution in [0.4, 0.5) is 0 Å². The molecule has 0 heterocycles. The number of hydrogen-bond donors (Lipinski definition) is 2. The third-order valence-corrected chi connectivity index (χ3v) is 1.68. The van der Waals surface area contributed by atoms with Crippen LogP contribution in [-0.2, 0) is 4.79 Å². The number of hydrogen-bond acceptors (Lipinski definition) is 2. The lowest BCUT2D eigenvalue weighted by atomic mass is 10.1. The predicted molar refractivity (Wildman–Crippen MR) is 46.4 cm³/mol. The molecule has 3 nitrogen and oxygen atoms in total. The van der Waals surface area contributed by atoms with E-state index in [0.717, 1.165) is 32.2 Å². The van der Waals surface area contributed by atoms with Gasteiger partial charge in [0.05, 0.1) is 0 Å². The molecule has 66 valence electrons. The number of rotatable bonds is 7. The molecule has 0 saturated heterocycles. The normalized spacial score (nSPS) is 12.5. The van der Waals surface area contributed by atoms with Crippen molar-refractivity contribution >= 4 is 6.41 Å². The lowest BCUT2D eigenvalue weighted by molar-refractivity contribution is -0.110. The van der Waals surface area contributed by atoms with Gasteiger partial charge in [0, 0.05) is 6.04 Å². The van der Waals surface area contributed by atoms with E-state index in [4.69, 9.17) is 0 Å². The molecule has 11 heavy (non-hydrogen) atoms. The van der Waals surface area contributed by atoms with Crippen LogP contribution >= 0.6 is 0 Å². The number of amides is 1. The first-order chi connectivity index (χ1) is 5.35. The van der Waals surface area contributed by atoms with Crippen LogP contribution in [0.15, 0.2) is 0 Å². The molecule has 0 fully saturated rings. The first-order valence-electron chi connectivity index (χ1n) is 4.19. The van der Waals surface area contributed by atoms with Gasteiger partial charge < -0.3 is 10.6 Å². The fourth-order valence-electron chi connectivity index (χ4n) is 1.07. The molecule has 1 atom stereocenters. The van der Waals surface area contributed by atoms with Gasteiger partial charge in [0.1, 0.15) is 0 Å². The summed E-state index contributed by atoms with van der Waals surface area (Å²) in [5.41, 5.74) is 0. The Hall–Kier alpha value is -0.570. The fraction of sp³-hybridized carbons (Fsp3) is 0.875. The second kappa shape index (κ2) is 7.54. The highest BCUT2D eigenvalue weighted by Gasteiger charge is 2.03. The Morgan fingerprint density at radius 2 is 2.18 bits per heavy atom. The summed E-state index contributed by atoms with van der Waals surface area (Å²) in [6.45, 7) is 3.09. The Morgan fingerprint density at radius 1 is 1.45 bits per heavy atom. The van der Waals surface area contributed by atoms with Crippen LogP contribution in [0.1, 0.15) is 26.2 Å². The third kappa shape index (κ3) is 5.85. The van der Waals surface area contributed by atoms with Gasteiger partial charge in [-0.25, -0.2) is 0 Å². The van der Waals surface area contributed by atoms with Crippen LogP contribution in [-0.4, -0.2) is 26.0 Å². The minimum atomic E-state index is 0.352. The molecule has 0 aliphatic heterocycles. The summed E-state index contributed by atoms with van der Waals surface area (Å²) < 4.78 is 0. The van der Waals surface area contributed by atoms with E-state index < -0.39 is 0 Å². The quantitative estimate of drug-likeness (QED) is 0.530. The molecule has 1 amide bonds. The lowest BCUT2D eigenvalue weighted by Gasteiger charge is -2.13. The molecule has 0 aromatic carbocycles. The summed E-state index contributed by atoms with van der Waals surface area (Å²) in [5.74, 6) is 0. The van der Waals surface area contributed by atoms with Gasteiger partial charge >= 0.3 is 0 Å². The molecule has 0 radical (unpaired) electrons. The molecule has 0 bridgehead atoms. The predicted octanol–water partition coefficient (Wildman–Crippen LogP) is 0.511. The molecular formula is C8H18N2O. The van der Waals surface area contributed by atoms with Crippen LogP contribution in [0.2, 0.25) is 0 Å². The highest BCUT2D eigenvalue weighted by molar-refractivity contribution is 5.46. The van der Waals surface area contributed by atoms with Gasteiger partial charge in [-0.15, -0.1) is 0 Å². The van der Waals surface area contributed by atoms with Gasteiger partial charge in [0.15, 0.2) is 0 Å². The van der Waals surface area contributed by atoms with Crippen molar-refractivity contribution in [2.75, 3.05) is 13.6 Å². The van der Waals surface area contributed by atoms with E-state index in [0.29, 0.717) is 6.04 Å². The summed E-state index contributed by atoms with van der Waals surface area (Å²) in [6.07, 6.45) is 3.99. The SMILES string of the molecule is CCCC(CCNC)NC=O. The third-order valence-electron chi connectivity index (χ3n) is 1.68. The molecule has 0 aromatic rings. The Kier molecular flexibility index (Phi) is 7.15. The maximum atomic E-state index is 10.1. The Morgan fingerprint density at radius 3 is 2.64 bits per heavy atom. The Bertz CT molecular complexity index is 96.1. The average Bonchev–Trinajstić information content (AvgIpc) is 2.01. The van der Waals surface area contributed by atoms with Crippen molar-refractivity contribution in [1.82, 2.24) is 10.6 Å². The topological polar surface area (TPSA) is 41.1 Å². The lowest BCUT2D eigenvalue weighted by Crippen LogP contribution is -2.30. The largest absolute Gasteiger partial charge is 0.356 e. The summed E-state index contributed by atoms with van der Waals surface area (Å²) >= 11 is 0. The van der Waals surface area contributed by atoms with E-state index >= 15 is 0 Å². The molecule has 0 aliphatic carbocycles. The second-order valence-electron chi connectivity index (χ2n) is 2.66. The first kappa shape index (κ1) is 10.4. The molecule has 1 unspecified atom stereocenters. The molecule has 2 N–H and O–H groups in total. The van der Waals surface area contributed by atoms with E-state index in [1.807, 2.05) is 7.05 Å². The fourth-order valence-corrected chi connectivity index (χ4v) is 1.07. The van der Waals surface area contributed by atoms with Gasteiger partial charge in [0.2, 0.25) is 6.41 Å². The van der Waals surface area contributed by atoms with Crippen molar-refractivity contribution in [2.45, 2.75) is 32.2 Å². The molecule has 3 heteroatoms. The van der Waals surface area contributed by atoms with Crippen LogP contribution in [0.5, 0.6) is 0 Å². The average molecular weight is 158 g/mol. The molecule has 0 spiro atoms. The molecule has 0 rings (SSSR count). The van der Waals surface area contributed by atoms with Crippen molar-refractivity contribution in [1.29, 1.82) is 0 Å². The van der Waals surface area contributed by atoms with Crippen molar-refractivity contribution in [3.05, 3.63) is 0 Å². The highest BCUT2D eigenvalue weighted by atomic mass is 16.1. The van der Waals surface area contributed by atoms with E-state index in [9.17, 15) is 4.79 Å². The van der Waals surface area contributed by atoms with Gasteiger partial charge in [-0.2, -0.15) is 0 Å². The monoisotopic (exact) mass is 158 g/mol. The molecule has 0 saturated carbocycles. The van der Waals surface area contributed by atoms with E-state index in [-0.39, 0.29) is 0 Å². The van der Waals surface area contributed by atoms with Crippen LogP contribution in [0.3, 0.4) is 0 Å². The number of carbonyl (C=O) groups excluding carboxylic acids is 1. The first-order valence-corrected chi connectivity index (χ1v) is 4.19. The highest BCUT2D eigenvalue weighted by Crippen LogP contribution is 1.99. The molecular weight excluding hydrogens is 140 g/mol. The van der Waals surface area contributed by atoms with Crippen LogP contribution < -0.4 is 10.6 Å². The summed E-state index contributed by atoms with van der Waals surface area (Å²) in [6, 6.07) is 0.352. The van der Waals surface area contributed by atoms with Gasteiger partial charge in [0.25, 0.3) is 0 Å². The maximum absolute atomic E-state index is 10.1. The summed E-state index contributed by atoms with van der Waals surface area (Å²) in [5, 5.41) is 5.86. The van der Waals surface area contributed by atoms with Gasteiger partial charge in [-0.05, 0) is 26.4 Å². The zero-order valence-corrected chi connectivity index (χ0v) is 7.39. The Labute approximate surface area is 68.6 Å². The standard InChI is InChI=1S/C8H18N2O/c1-3-4-8(10-7-11)5-6-9-2/h7-9H,3-6H2,1-2H3,(H,10,11). The van der Waals surface area contributed by atoms with Gasteiger partial charge in [-0.1, -0.05) is 13.3 Å². The zero-order chi connectivity index (χ0) is 8.53. The molecule has 0 aliphatic rings. The second-order valence-corrected chi connectivity index (χ2v) is 2.66. The Balaban J connectivity index is 3.41. The van der Waals surface area contributed by atoms with Crippen molar-refractivity contribution in [3.63, 3.8) is 0 Å². The smallest absolute Gasteiger partial charge is 0.207 e. The van der Waals surface area contributed by atoms with E-state index in [1.54, 1.807) is 0 Å². The van der Waals surface area contributed by atoms with Crippen molar-refractivity contribution < 1.29 is 4.79 Å². The van der Waals surface area contributed by atoms with E-state index in [1.165, 1.54) is 0 Å². The number of nitrogens with one attached hydrogen (secondary N) is 2. The van der Waals surface area contributed by atoms with Crippen molar-refractivity contribution in [2.24, 2.45) is 0 Å². The maximum Gasteiger partial charge on any atom is 0.207 e. The van der Waals surface area contributed by atoms with Gasteiger partial charge in [-0.3, -0.25) is 4.79 Å². The minimum absolute atomic E-state index is 0.352. The van der Waals surface area contributed by atoms with Crippen LogP contribution in [0, 0.1) is 0 Å². The molecule has 0 aromatic heterocycles.